The summed E-state index contributed by atoms with van der Waals surface area (Å²) in [5, 5.41) is 0. The number of hydrogen-bond donors (Lipinski definition) is 1. The van der Waals surface area contributed by atoms with Crippen LogP contribution in [0.25, 0.3) is 0 Å². The van der Waals surface area contributed by atoms with E-state index in [9.17, 15) is 4.39 Å². The summed E-state index contributed by atoms with van der Waals surface area (Å²) in [5.41, 5.74) is 6.79. The highest BCUT2D eigenvalue weighted by atomic mass is 35.5. The van der Waals surface area contributed by atoms with E-state index in [0.29, 0.717) is 0 Å². The number of halogens is 2. The Morgan fingerprint density at radius 1 is 1.29 bits per heavy atom. The number of rotatable bonds is 1. The number of hydrogen-bond acceptors (Lipinski definition) is 1. The Morgan fingerprint density at radius 2 is 1.86 bits per heavy atom. The van der Waals surface area contributed by atoms with Crippen LogP contribution in [-0.2, 0) is 0 Å². The lowest BCUT2D eigenvalue weighted by Crippen LogP contribution is -2.26. The highest BCUT2D eigenvalue weighted by molar-refractivity contribution is 5.85. The van der Waals surface area contributed by atoms with Crippen LogP contribution in [0.1, 0.15) is 32.4 Å². The summed E-state index contributed by atoms with van der Waals surface area (Å²) in [6.45, 7) is 6.13. The molecule has 0 aromatic heterocycles. The molecule has 0 radical (unpaired) electrons. The van der Waals surface area contributed by atoms with Crippen molar-refractivity contribution >= 4 is 12.4 Å². The Balaban J connectivity index is 0.00000169. The van der Waals surface area contributed by atoms with Gasteiger partial charge < -0.3 is 5.73 Å². The first-order chi connectivity index (χ1) is 5.91. The molecule has 3 heteroatoms. The number of nitrogens with two attached hydrogens (primary N) is 1. The van der Waals surface area contributed by atoms with Gasteiger partial charge in [0.2, 0.25) is 0 Å². The minimum atomic E-state index is -0.225. The zero-order chi connectivity index (χ0) is 10.1. The maximum absolute atomic E-state index is 12.9. The minimum Gasteiger partial charge on any atom is -0.324 e. The van der Waals surface area contributed by atoms with Crippen LogP contribution in [0.4, 0.5) is 4.39 Å². The second kappa shape index (κ2) is 4.76. The molecule has 0 aliphatic rings. The van der Waals surface area contributed by atoms with Crippen molar-refractivity contribution < 1.29 is 4.39 Å². The van der Waals surface area contributed by atoms with Crippen molar-refractivity contribution in [3.05, 3.63) is 35.6 Å². The van der Waals surface area contributed by atoms with Crippen LogP contribution in [-0.4, -0.2) is 0 Å². The maximum Gasteiger partial charge on any atom is 0.123 e. The Morgan fingerprint density at radius 3 is 2.29 bits per heavy atom. The first-order valence-electron chi connectivity index (χ1n) is 4.42. The molecule has 0 saturated heterocycles. The first-order valence-corrected chi connectivity index (χ1v) is 4.42. The van der Waals surface area contributed by atoms with Crippen LogP contribution >= 0.6 is 12.4 Å². The van der Waals surface area contributed by atoms with Crippen LogP contribution in [0.3, 0.4) is 0 Å². The fourth-order valence-corrected chi connectivity index (χ4v) is 1.20. The average Bonchev–Trinajstić information content (AvgIpc) is 2.01. The van der Waals surface area contributed by atoms with E-state index in [2.05, 4.69) is 0 Å². The molecule has 2 N–H and O–H groups in total. The number of benzene rings is 1. The summed E-state index contributed by atoms with van der Waals surface area (Å²) in [6, 6.07) is 6.35. The van der Waals surface area contributed by atoms with E-state index in [-0.39, 0.29) is 29.7 Å². The lowest BCUT2D eigenvalue weighted by molar-refractivity contribution is 0.326. The lowest BCUT2D eigenvalue weighted by atomic mass is 9.83. The highest BCUT2D eigenvalue weighted by Crippen LogP contribution is 2.30. The van der Waals surface area contributed by atoms with Gasteiger partial charge in [-0.2, -0.15) is 0 Å². The zero-order valence-electron chi connectivity index (χ0n) is 8.75. The van der Waals surface area contributed by atoms with Gasteiger partial charge >= 0.3 is 0 Å². The zero-order valence-corrected chi connectivity index (χ0v) is 9.57. The smallest absolute Gasteiger partial charge is 0.123 e. The third-order valence-electron chi connectivity index (χ3n) is 2.14. The Hall–Kier alpha value is -0.600. The molecule has 0 saturated carbocycles. The van der Waals surface area contributed by atoms with E-state index in [1.165, 1.54) is 12.1 Å². The molecule has 0 heterocycles. The van der Waals surface area contributed by atoms with Gasteiger partial charge in [0.05, 0.1) is 0 Å². The molecule has 0 amide bonds. The van der Waals surface area contributed by atoms with Gasteiger partial charge in [-0.15, -0.1) is 12.4 Å². The predicted octanol–water partition coefficient (Wildman–Crippen LogP) is 3.29. The normalized spacial score (nSPS) is 13.2. The Bertz CT molecular complexity index is 294. The largest absolute Gasteiger partial charge is 0.324 e. The van der Waals surface area contributed by atoms with Gasteiger partial charge in [-0.25, -0.2) is 4.39 Å². The van der Waals surface area contributed by atoms with E-state index in [1.54, 1.807) is 6.07 Å². The molecule has 1 nitrogen and oxygen atoms in total. The van der Waals surface area contributed by atoms with Crippen LogP contribution in [0.2, 0.25) is 0 Å². The molecule has 14 heavy (non-hydrogen) atoms. The standard InChI is InChI=1S/C11H16FN.ClH/c1-11(2,3)10(13)8-5-4-6-9(12)7-8;/h4-7,10H,13H2,1-3H3;1H/t10-;/m1./s1. The molecule has 0 fully saturated rings. The van der Waals surface area contributed by atoms with Crippen molar-refractivity contribution in [1.29, 1.82) is 0 Å². The Labute approximate surface area is 90.9 Å². The quantitative estimate of drug-likeness (QED) is 0.768. The average molecular weight is 218 g/mol. The maximum atomic E-state index is 12.9. The van der Waals surface area contributed by atoms with Crippen molar-refractivity contribution in [3.63, 3.8) is 0 Å². The summed E-state index contributed by atoms with van der Waals surface area (Å²) >= 11 is 0. The van der Waals surface area contributed by atoms with Gasteiger partial charge in [-0.05, 0) is 23.1 Å². The van der Waals surface area contributed by atoms with Crippen molar-refractivity contribution in [2.24, 2.45) is 11.1 Å². The summed E-state index contributed by atoms with van der Waals surface area (Å²) in [7, 11) is 0. The van der Waals surface area contributed by atoms with Gasteiger partial charge in [-0.1, -0.05) is 32.9 Å². The fourth-order valence-electron chi connectivity index (χ4n) is 1.20. The third kappa shape index (κ3) is 3.28. The van der Waals surface area contributed by atoms with Crippen molar-refractivity contribution in [2.75, 3.05) is 0 Å². The Kier molecular flexibility index (Phi) is 4.56. The molecule has 0 spiro atoms. The van der Waals surface area contributed by atoms with E-state index in [1.807, 2.05) is 26.8 Å². The molecule has 80 valence electrons. The van der Waals surface area contributed by atoms with Gasteiger partial charge in [-0.3, -0.25) is 0 Å². The molecular formula is C11H17ClFN. The molecule has 1 atom stereocenters. The van der Waals surface area contributed by atoms with Crippen LogP contribution < -0.4 is 5.73 Å². The fraction of sp³-hybridized carbons (Fsp3) is 0.455. The van der Waals surface area contributed by atoms with Gasteiger partial charge in [0.15, 0.2) is 0 Å². The second-order valence-corrected chi connectivity index (χ2v) is 4.40. The summed E-state index contributed by atoms with van der Waals surface area (Å²) < 4.78 is 12.9. The van der Waals surface area contributed by atoms with Crippen LogP contribution in [0.5, 0.6) is 0 Å². The molecule has 0 bridgehead atoms. The predicted molar refractivity (Wildman–Crippen MR) is 60.0 cm³/mol. The summed E-state index contributed by atoms with van der Waals surface area (Å²) in [5.74, 6) is -0.225. The molecule has 1 aromatic carbocycles. The van der Waals surface area contributed by atoms with E-state index >= 15 is 0 Å². The van der Waals surface area contributed by atoms with Crippen molar-refractivity contribution in [1.82, 2.24) is 0 Å². The van der Waals surface area contributed by atoms with Gasteiger partial charge in [0.1, 0.15) is 5.82 Å². The summed E-state index contributed by atoms with van der Waals surface area (Å²) in [4.78, 5) is 0. The molecular weight excluding hydrogens is 201 g/mol. The third-order valence-corrected chi connectivity index (χ3v) is 2.14. The van der Waals surface area contributed by atoms with Crippen LogP contribution in [0.15, 0.2) is 24.3 Å². The highest BCUT2D eigenvalue weighted by Gasteiger charge is 2.22. The van der Waals surface area contributed by atoms with E-state index in [4.69, 9.17) is 5.73 Å². The van der Waals surface area contributed by atoms with Crippen molar-refractivity contribution in [2.45, 2.75) is 26.8 Å². The topological polar surface area (TPSA) is 26.0 Å². The van der Waals surface area contributed by atoms with Crippen LogP contribution in [0, 0.1) is 11.2 Å². The van der Waals surface area contributed by atoms with E-state index in [0.717, 1.165) is 5.56 Å². The SMILES string of the molecule is CC(C)(C)[C@H](N)c1cccc(F)c1.Cl. The van der Waals surface area contributed by atoms with Gasteiger partial charge in [0, 0.05) is 6.04 Å². The first kappa shape index (κ1) is 13.4. The molecule has 1 rings (SSSR count). The van der Waals surface area contributed by atoms with E-state index < -0.39 is 0 Å². The minimum absolute atomic E-state index is 0. The summed E-state index contributed by atoms with van der Waals surface area (Å²) in [6.07, 6.45) is 0. The van der Waals surface area contributed by atoms with Gasteiger partial charge in [0.25, 0.3) is 0 Å². The monoisotopic (exact) mass is 217 g/mol. The lowest BCUT2D eigenvalue weighted by Gasteiger charge is -2.27. The molecule has 0 unspecified atom stereocenters. The molecule has 0 aliphatic carbocycles. The second-order valence-electron chi connectivity index (χ2n) is 4.40. The molecule has 0 aliphatic heterocycles. The molecule has 1 aromatic rings. The van der Waals surface area contributed by atoms with Crippen molar-refractivity contribution in [3.8, 4) is 0 Å².